The molecule has 0 bridgehead atoms. The van der Waals surface area contributed by atoms with E-state index in [1.54, 1.807) is 0 Å². The number of amides is 4. The summed E-state index contributed by atoms with van der Waals surface area (Å²) >= 11 is 0. The van der Waals surface area contributed by atoms with Gasteiger partial charge in [0.25, 0.3) is 22.2 Å². The van der Waals surface area contributed by atoms with Crippen molar-refractivity contribution in [1.29, 1.82) is 0 Å². The van der Waals surface area contributed by atoms with Crippen molar-refractivity contribution >= 4 is 23.6 Å². The van der Waals surface area contributed by atoms with Crippen LogP contribution >= 0.6 is 0 Å². The number of fused-ring (bicyclic) bond motifs is 4. The molecule has 408 valence electrons. The number of rotatable bonds is 4. The number of nitrogens with one attached hydrogen (secondary N) is 8. The highest BCUT2D eigenvalue weighted by Gasteiger charge is 2.43. The summed E-state index contributed by atoms with van der Waals surface area (Å²) in [6, 6.07) is -3.06. The second-order valence-electron chi connectivity index (χ2n) is 20.2. The quantitative estimate of drug-likeness (QED) is 0.106. The van der Waals surface area contributed by atoms with E-state index in [-0.39, 0.29) is 99.3 Å². The summed E-state index contributed by atoms with van der Waals surface area (Å²) in [6.45, 7) is 6.06. The van der Waals surface area contributed by atoms with E-state index in [1.165, 1.54) is 70.8 Å². The van der Waals surface area contributed by atoms with Crippen LogP contribution in [0.4, 0.5) is 0 Å². The van der Waals surface area contributed by atoms with E-state index in [9.17, 15) is 57.5 Å². The van der Waals surface area contributed by atoms with Crippen molar-refractivity contribution in [1.82, 2.24) is 59.5 Å². The van der Waals surface area contributed by atoms with Crippen LogP contribution in [0.15, 0.2) is 63.1 Å². The molecule has 9 rings (SSSR count). The van der Waals surface area contributed by atoms with Gasteiger partial charge in [0.2, 0.25) is 23.6 Å². The van der Waals surface area contributed by atoms with Crippen molar-refractivity contribution in [2.75, 3.05) is 0 Å². The van der Waals surface area contributed by atoms with E-state index in [2.05, 4.69) is 41.2 Å². The summed E-state index contributed by atoms with van der Waals surface area (Å²) in [7, 11) is 0. The molecule has 0 saturated carbocycles. The number of ether oxygens (including phenoxy) is 4. The SMILES string of the molecule is Cc1cn([C@H]2C[C@@H]3NC(=O)CC[C@H]4O[C@@H](n5cc(C)c(=O)[nH]c5=O)C[C@@H]4NC(=O)CC[C@H]4O[C@@H](n5cc(C)c(=O)[nH]c5=O)C[C@@H]4NC(=O)CC[C@H]4O[C@@H](n5cc(C)c(=O)[nH]c5=O)C[C@@H]4NC(=O)CC[C@H]3O2)c(=O)[nH]c1=O. The van der Waals surface area contributed by atoms with E-state index < -0.39 is 142 Å². The minimum absolute atomic E-state index is 0.0260. The Bertz CT molecular complexity index is 2980. The molecular formula is C48H60N12O16. The number of nitrogens with zero attached hydrogens (tertiary/aromatic N) is 4. The van der Waals surface area contributed by atoms with Crippen LogP contribution in [0.2, 0.25) is 0 Å². The van der Waals surface area contributed by atoms with Crippen molar-refractivity contribution < 1.29 is 38.1 Å². The Hall–Kier alpha value is -7.56. The number of carbonyl (C=O) groups is 4. The largest absolute Gasteiger partial charge is 0.352 e. The van der Waals surface area contributed by atoms with E-state index in [0.717, 1.165) is 0 Å². The Balaban J connectivity index is 1.00. The Labute approximate surface area is 428 Å². The van der Waals surface area contributed by atoms with Crippen LogP contribution in [0, 0.1) is 27.7 Å². The molecule has 8 N–H and O–H groups in total. The first-order valence-corrected chi connectivity index (χ1v) is 25.3. The zero-order chi connectivity index (χ0) is 54.3. The third kappa shape index (κ3) is 11.6. The molecule has 0 unspecified atom stereocenters. The van der Waals surface area contributed by atoms with Crippen LogP contribution in [0.3, 0.4) is 0 Å². The van der Waals surface area contributed by atoms with E-state index in [4.69, 9.17) is 18.9 Å². The Kier molecular flexibility index (Phi) is 15.4. The maximum Gasteiger partial charge on any atom is 0.330 e. The van der Waals surface area contributed by atoms with E-state index in [0.29, 0.717) is 0 Å². The molecule has 0 aromatic carbocycles. The van der Waals surface area contributed by atoms with Gasteiger partial charge in [-0.25, -0.2) is 19.2 Å². The molecule has 0 radical (unpaired) electrons. The molecule has 5 fully saturated rings. The summed E-state index contributed by atoms with van der Waals surface area (Å²) < 4.78 is 30.2. The molecule has 76 heavy (non-hydrogen) atoms. The van der Waals surface area contributed by atoms with Gasteiger partial charge >= 0.3 is 22.8 Å². The van der Waals surface area contributed by atoms with E-state index >= 15 is 0 Å². The smallest absolute Gasteiger partial charge is 0.330 e. The molecule has 5 saturated heterocycles. The van der Waals surface area contributed by atoms with Gasteiger partial charge in [-0.15, -0.1) is 0 Å². The van der Waals surface area contributed by atoms with Gasteiger partial charge in [-0.3, -0.25) is 76.6 Å². The van der Waals surface area contributed by atoms with Gasteiger partial charge in [0.1, 0.15) is 24.9 Å². The second kappa shape index (κ2) is 22.0. The molecule has 0 aliphatic carbocycles. The Morgan fingerprint density at radius 2 is 0.539 bits per heavy atom. The normalized spacial score (nSPS) is 29.9. The van der Waals surface area contributed by atoms with Crippen molar-refractivity contribution in [2.24, 2.45) is 0 Å². The van der Waals surface area contributed by atoms with Crippen molar-refractivity contribution in [3.63, 3.8) is 0 Å². The molecule has 4 aromatic heterocycles. The van der Waals surface area contributed by atoms with Gasteiger partial charge in [0, 0.05) is 98.4 Å². The maximum atomic E-state index is 14.0. The number of hydrogen-bond acceptors (Lipinski definition) is 16. The van der Waals surface area contributed by atoms with Crippen LogP contribution in [0.1, 0.15) is 124 Å². The highest BCUT2D eigenvalue weighted by atomic mass is 16.5. The van der Waals surface area contributed by atoms with Crippen molar-refractivity contribution in [3.8, 4) is 0 Å². The monoisotopic (exact) mass is 1060 g/mol. The average Bonchev–Trinajstić information content (AvgIpc) is 4.16. The maximum absolute atomic E-state index is 14.0. The summed E-state index contributed by atoms with van der Waals surface area (Å²) in [6.07, 6.45) is -2.19. The fourth-order valence-electron chi connectivity index (χ4n) is 10.7. The molecule has 12 atom stereocenters. The molecule has 5 aliphatic heterocycles. The topological polar surface area (TPSA) is 373 Å². The number of carbonyl (C=O) groups excluding carboxylic acids is 4. The molecule has 9 heterocycles. The minimum Gasteiger partial charge on any atom is -0.352 e. The fourth-order valence-corrected chi connectivity index (χ4v) is 10.7. The van der Waals surface area contributed by atoms with Crippen molar-refractivity contribution in [3.05, 3.63) is 130 Å². The summed E-state index contributed by atoms with van der Waals surface area (Å²) in [5, 5.41) is 11.9. The number of H-pyrrole nitrogens is 4. The highest BCUT2D eigenvalue weighted by Crippen LogP contribution is 2.35. The standard InChI is InChI=1S/C48H60N12O16/c1-21-17-57(45(69)53-41(21)65)37-13-25-29(73-37)5-9-34(62)50-26-14-38(58-18-22(2)42(66)54-46(58)70)75-31(26)7-11-36(64)52-28-16-40(60-20-24(4)44(68)56-48(60)72)76-32(28)8-12-35(63)51-27-15-39(74-30(27)6-10-33(61)49-25)59-19-23(3)43(67)55-47(59)71/h17-20,25-32,37-40H,5-16H2,1-4H3,(H,49,61)(H,50,62)(H,51,63)(H,52,64)(H,53,65,69)(H,54,66,70)(H,55,67,71)(H,56,68,72)/t25-,26-,27-,28-,29+,30+,31+,32+,37+,38+,39+,40+/m0/s1. The van der Waals surface area contributed by atoms with Crippen LogP contribution in [0.5, 0.6) is 0 Å². The fraction of sp³-hybridized carbons (Fsp3) is 0.583. The van der Waals surface area contributed by atoms with Crippen LogP contribution < -0.4 is 66.3 Å². The predicted molar refractivity (Wildman–Crippen MR) is 263 cm³/mol. The Morgan fingerprint density at radius 1 is 0.342 bits per heavy atom. The number of hydrogen-bond donors (Lipinski definition) is 8. The zero-order valence-electron chi connectivity index (χ0n) is 42.0. The Morgan fingerprint density at radius 3 is 0.737 bits per heavy atom. The van der Waals surface area contributed by atoms with Crippen molar-refractivity contribution in [2.45, 2.75) is 178 Å². The average molecular weight is 1060 g/mol. The molecule has 28 heteroatoms. The lowest BCUT2D eigenvalue weighted by Crippen LogP contribution is -2.45. The lowest BCUT2D eigenvalue weighted by molar-refractivity contribution is -0.124. The predicted octanol–water partition coefficient (Wildman–Crippen LogP) is -2.36. The molecule has 4 aromatic rings. The van der Waals surface area contributed by atoms with Gasteiger partial charge in [-0.1, -0.05) is 0 Å². The first-order valence-electron chi connectivity index (χ1n) is 25.3. The van der Waals surface area contributed by atoms with Gasteiger partial charge in [-0.05, 0) is 53.4 Å². The molecule has 5 aliphatic rings. The lowest BCUT2D eigenvalue weighted by atomic mass is 10.0. The first-order chi connectivity index (χ1) is 36.2. The summed E-state index contributed by atoms with van der Waals surface area (Å²) in [5.41, 5.74) is -4.42. The second-order valence-corrected chi connectivity index (χ2v) is 20.2. The molecular weight excluding hydrogens is 1000 g/mol. The van der Waals surface area contributed by atoms with Gasteiger partial charge in [0.05, 0.1) is 48.6 Å². The molecule has 28 nitrogen and oxygen atoms in total. The number of aromatic amines is 4. The lowest BCUT2D eigenvalue weighted by Gasteiger charge is -2.24. The van der Waals surface area contributed by atoms with Crippen LogP contribution in [-0.2, 0) is 38.1 Å². The highest BCUT2D eigenvalue weighted by molar-refractivity contribution is 5.78. The van der Waals surface area contributed by atoms with Gasteiger partial charge < -0.3 is 40.2 Å². The third-order valence-corrected chi connectivity index (χ3v) is 14.8. The van der Waals surface area contributed by atoms with E-state index in [1.807, 2.05) is 0 Å². The van der Waals surface area contributed by atoms with Crippen LogP contribution in [-0.4, -0.2) is 110 Å². The number of aromatic nitrogens is 8. The first kappa shape index (κ1) is 53.3. The summed E-state index contributed by atoms with van der Waals surface area (Å²) in [5.74, 6) is -1.89. The van der Waals surface area contributed by atoms with Crippen LogP contribution in [0.25, 0.3) is 0 Å². The number of aryl methyl sites for hydroxylation is 4. The summed E-state index contributed by atoms with van der Waals surface area (Å²) in [4.78, 5) is 166. The third-order valence-electron chi connectivity index (χ3n) is 14.8. The zero-order valence-corrected chi connectivity index (χ0v) is 42.0. The minimum atomic E-state index is -0.966. The van der Waals surface area contributed by atoms with Gasteiger partial charge in [0.15, 0.2) is 0 Å². The molecule has 4 amide bonds. The molecule has 0 spiro atoms. The van der Waals surface area contributed by atoms with Gasteiger partial charge in [-0.2, -0.15) is 0 Å².